The van der Waals surface area contributed by atoms with E-state index in [2.05, 4.69) is 37.6 Å². The van der Waals surface area contributed by atoms with Crippen molar-refractivity contribution in [3.8, 4) is 11.4 Å². The van der Waals surface area contributed by atoms with Crippen molar-refractivity contribution in [3.63, 3.8) is 0 Å². The van der Waals surface area contributed by atoms with Crippen LogP contribution in [0.1, 0.15) is 27.2 Å². The van der Waals surface area contributed by atoms with Crippen LogP contribution in [0.4, 0.5) is 4.79 Å². The topological polar surface area (TPSA) is 47.4 Å². The minimum atomic E-state index is -0.450. The second-order valence-corrected chi connectivity index (χ2v) is 8.41. The lowest BCUT2D eigenvalue weighted by Gasteiger charge is -2.24. The van der Waals surface area contributed by atoms with Crippen molar-refractivity contribution in [1.82, 2.24) is 14.5 Å². The fourth-order valence-corrected chi connectivity index (χ4v) is 3.33. The van der Waals surface area contributed by atoms with Crippen LogP contribution in [0.5, 0.6) is 0 Å². The highest BCUT2D eigenvalue weighted by atomic mass is 79.9. The fourth-order valence-electron chi connectivity index (χ4n) is 3.07. The van der Waals surface area contributed by atoms with E-state index in [1.165, 1.54) is 0 Å². The maximum atomic E-state index is 12.2. The van der Waals surface area contributed by atoms with Gasteiger partial charge in [-0.3, -0.25) is 0 Å². The molecule has 134 valence electrons. The van der Waals surface area contributed by atoms with Gasteiger partial charge in [-0.05, 0) is 45.2 Å². The summed E-state index contributed by atoms with van der Waals surface area (Å²) in [5, 5.41) is 0. The number of likely N-dealkylation sites (tertiary alicyclic amines) is 1. The van der Waals surface area contributed by atoms with E-state index in [0.717, 1.165) is 41.9 Å². The number of aromatic nitrogens is 2. The predicted octanol–water partition coefficient (Wildman–Crippen LogP) is 4.57. The number of hydrogen-bond donors (Lipinski definition) is 0. The van der Waals surface area contributed by atoms with Crippen LogP contribution in [0.3, 0.4) is 0 Å². The zero-order valence-corrected chi connectivity index (χ0v) is 16.5. The molecular formula is C19H24BrN3O2. The Morgan fingerprint density at radius 2 is 2.04 bits per heavy atom. The molecule has 0 unspecified atom stereocenters. The molecule has 2 heterocycles. The predicted molar refractivity (Wildman–Crippen MR) is 101 cm³/mol. The van der Waals surface area contributed by atoms with Crippen molar-refractivity contribution in [2.24, 2.45) is 5.92 Å². The Bertz CT molecular complexity index is 734. The standard InChI is InChI=1S/C19H24BrN3O2/c1-19(2,3)25-18(24)23-10-8-14(13-23)12-22-11-9-21-17(22)15-4-6-16(20)7-5-15/h4-7,9,11,14H,8,10,12-13H2,1-3H3/t14-/m0/s1. The van der Waals surface area contributed by atoms with Crippen LogP contribution in [0.15, 0.2) is 41.1 Å². The van der Waals surface area contributed by atoms with E-state index < -0.39 is 5.60 Å². The number of amides is 1. The molecule has 1 aliphatic heterocycles. The van der Waals surface area contributed by atoms with Gasteiger partial charge in [-0.2, -0.15) is 0 Å². The molecule has 1 amide bonds. The molecule has 1 aromatic heterocycles. The van der Waals surface area contributed by atoms with Crippen LogP contribution in [-0.4, -0.2) is 39.2 Å². The van der Waals surface area contributed by atoms with Gasteiger partial charge < -0.3 is 14.2 Å². The van der Waals surface area contributed by atoms with Crippen molar-refractivity contribution in [1.29, 1.82) is 0 Å². The van der Waals surface area contributed by atoms with Crippen LogP contribution < -0.4 is 0 Å². The molecule has 5 nitrogen and oxygen atoms in total. The lowest BCUT2D eigenvalue weighted by Crippen LogP contribution is -2.35. The number of benzene rings is 1. The van der Waals surface area contributed by atoms with E-state index in [0.29, 0.717) is 5.92 Å². The molecule has 1 fully saturated rings. The van der Waals surface area contributed by atoms with Gasteiger partial charge in [-0.25, -0.2) is 9.78 Å². The van der Waals surface area contributed by atoms with Gasteiger partial charge in [0.05, 0.1) is 0 Å². The normalized spacial score (nSPS) is 17.8. The number of hydrogen-bond acceptors (Lipinski definition) is 3. The summed E-state index contributed by atoms with van der Waals surface area (Å²) < 4.78 is 8.70. The molecule has 1 atom stereocenters. The molecule has 0 aliphatic carbocycles. The largest absolute Gasteiger partial charge is 0.444 e. The third-order valence-corrected chi connectivity index (χ3v) is 4.74. The zero-order chi connectivity index (χ0) is 18.0. The Balaban J connectivity index is 1.64. The molecule has 1 aliphatic rings. The van der Waals surface area contributed by atoms with Gasteiger partial charge in [-0.1, -0.05) is 28.1 Å². The summed E-state index contributed by atoms with van der Waals surface area (Å²) in [6.45, 7) is 8.02. The first-order valence-electron chi connectivity index (χ1n) is 8.57. The minimum absolute atomic E-state index is 0.214. The minimum Gasteiger partial charge on any atom is -0.444 e. The average Bonchev–Trinajstić information content (AvgIpc) is 3.16. The van der Waals surface area contributed by atoms with E-state index in [4.69, 9.17) is 4.74 Å². The van der Waals surface area contributed by atoms with E-state index in [-0.39, 0.29) is 6.09 Å². The average molecular weight is 406 g/mol. The molecular weight excluding hydrogens is 382 g/mol. The third-order valence-electron chi connectivity index (χ3n) is 4.21. The summed E-state index contributed by atoms with van der Waals surface area (Å²) >= 11 is 3.46. The van der Waals surface area contributed by atoms with E-state index in [1.807, 2.05) is 50.2 Å². The highest BCUT2D eigenvalue weighted by Crippen LogP contribution is 2.25. The summed E-state index contributed by atoms with van der Waals surface area (Å²) in [6.07, 6.45) is 4.61. The smallest absolute Gasteiger partial charge is 0.410 e. The second-order valence-electron chi connectivity index (χ2n) is 7.49. The first-order chi connectivity index (χ1) is 11.8. The SMILES string of the molecule is CC(C)(C)OC(=O)N1CC[C@@H](Cn2ccnc2-c2ccc(Br)cc2)C1. The molecule has 0 bridgehead atoms. The van der Waals surface area contributed by atoms with Gasteiger partial charge in [0.15, 0.2) is 0 Å². The Labute approximate surface area is 157 Å². The summed E-state index contributed by atoms with van der Waals surface area (Å²) in [4.78, 5) is 18.5. The van der Waals surface area contributed by atoms with Gasteiger partial charge in [0, 0.05) is 42.1 Å². The first kappa shape index (κ1) is 18.0. The van der Waals surface area contributed by atoms with Crippen molar-refractivity contribution in [2.75, 3.05) is 13.1 Å². The van der Waals surface area contributed by atoms with Crippen molar-refractivity contribution >= 4 is 22.0 Å². The molecule has 2 aromatic rings. The number of carbonyl (C=O) groups is 1. The molecule has 1 saturated heterocycles. The Morgan fingerprint density at radius 1 is 1.32 bits per heavy atom. The molecule has 25 heavy (non-hydrogen) atoms. The summed E-state index contributed by atoms with van der Waals surface area (Å²) in [6, 6.07) is 8.16. The monoisotopic (exact) mass is 405 g/mol. The van der Waals surface area contributed by atoms with E-state index >= 15 is 0 Å². The summed E-state index contributed by atoms with van der Waals surface area (Å²) in [5.74, 6) is 1.37. The fraction of sp³-hybridized carbons (Fsp3) is 0.474. The van der Waals surface area contributed by atoms with Gasteiger partial charge in [0.2, 0.25) is 0 Å². The van der Waals surface area contributed by atoms with Crippen LogP contribution in [0.2, 0.25) is 0 Å². The maximum Gasteiger partial charge on any atom is 0.410 e. The van der Waals surface area contributed by atoms with E-state index in [9.17, 15) is 4.79 Å². The van der Waals surface area contributed by atoms with Gasteiger partial charge >= 0.3 is 6.09 Å². The molecule has 3 rings (SSSR count). The molecule has 6 heteroatoms. The highest BCUT2D eigenvalue weighted by Gasteiger charge is 2.30. The maximum absolute atomic E-state index is 12.2. The number of ether oxygens (including phenoxy) is 1. The number of halogens is 1. The number of rotatable bonds is 3. The highest BCUT2D eigenvalue weighted by molar-refractivity contribution is 9.10. The van der Waals surface area contributed by atoms with Gasteiger partial charge in [0.1, 0.15) is 11.4 Å². The summed E-state index contributed by atoms with van der Waals surface area (Å²) in [5.41, 5.74) is 0.643. The van der Waals surface area contributed by atoms with Crippen LogP contribution in [0, 0.1) is 5.92 Å². The Hall–Kier alpha value is -1.82. The quantitative estimate of drug-likeness (QED) is 0.750. The second kappa shape index (κ2) is 7.20. The lowest BCUT2D eigenvalue weighted by molar-refractivity contribution is 0.0287. The van der Waals surface area contributed by atoms with Gasteiger partial charge in [0.25, 0.3) is 0 Å². The Kier molecular flexibility index (Phi) is 5.18. The van der Waals surface area contributed by atoms with E-state index in [1.54, 1.807) is 0 Å². The number of imidazole rings is 1. The number of carbonyl (C=O) groups excluding carboxylic acids is 1. The molecule has 0 radical (unpaired) electrons. The molecule has 0 spiro atoms. The lowest BCUT2D eigenvalue weighted by atomic mass is 10.1. The number of nitrogens with zero attached hydrogens (tertiary/aromatic N) is 3. The first-order valence-corrected chi connectivity index (χ1v) is 9.36. The summed E-state index contributed by atoms with van der Waals surface area (Å²) in [7, 11) is 0. The zero-order valence-electron chi connectivity index (χ0n) is 14.9. The third kappa shape index (κ3) is 4.63. The Morgan fingerprint density at radius 3 is 2.72 bits per heavy atom. The van der Waals surface area contributed by atoms with Crippen LogP contribution in [-0.2, 0) is 11.3 Å². The van der Waals surface area contributed by atoms with Crippen molar-refractivity contribution < 1.29 is 9.53 Å². The van der Waals surface area contributed by atoms with Crippen LogP contribution in [0.25, 0.3) is 11.4 Å². The molecule has 0 N–H and O–H groups in total. The van der Waals surface area contributed by atoms with Crippen molar-refractivity contribution in [3.05, 3.63) is 41.1 Å². The van der Waals surface area contributed by atoms with Crippen LogP contribution >= 0.6 is 15.9 Å². The molecule has 0 saturated carbocycles. The van der Waals surface area contributed by atoms with Gasteiger partial charge in [-0.15, -0.1) is 0 Å². The van der Waals surface area contributed by atoms with Crippen molar-refractivity contribution in [2.45, 2.75) is 39.3 Å². The molecule has 1 aromatic carbocycles.